The van der Waals surface area contributed by atoms with E-state index >= 15 is 0 Å². The highest BCUT2D eigenvalue weighted by Crippen LogP contribution is 2.34. The number of hydrogen-bond acceptors (Lipinski definition) is 7. The molecule has 1 fully saturated rings. The zero-order valence-corrected chi connectivity index (χ0v) is 18.2. The average Bonchev–Trinajstić information content (AvgIpc) is 3.26. The van der Waals surface area contributed by atoms with E-state index in [-0.39, 0.29) is 23.6 Å². The molecule has 33 heavy (non-hydrogen) atoms. The third-order valence-corrected chi connectivity index (χ3v) is 6.10. The number of amides is 1. The zero-order valence-electron chi connectivity index (χ0n) is 18.2. The Morgan fingerprint density at radius 3 is 2.67 bits per heavy atom. The number of carbonyl (C=O) groups is 2. The van der Waals surface area contributed by atoms with Crippen LogP contribution in [0.4, 0.5) is 5.69 Å². The molecule has 0 spiro atoms. The highest BCUT2D eigenvalue weighted by atomic mass is 16.5. The molecule has 0 saturated heterocycles. The summed E-state index contributed by atoms with van der Waals surface area (Å²) in [4.78, 5) is 28.3. The Labute approximate surface area is 191 Å². The molecule has 1 N–H and O–H groups in total. The third kappa shape index (κ3) is 4.83. The van der Waals surface area contributed by atoms with Gasteiger partial charge in [0.05, 0.1) is 30.5 Å². The van der Waals surface area contributed by atoms with Gasteiger partial charge in [-0.25, -0.2) is 4.98 Å². The topological polar surface area (TPSA) is 105 Å². The van der Waals surface area contributed by atoms with Crippen LogP contribution in [-0.4, -0.2) is 53.4 Å². The molecule has 1 saturated carbocycles. The van der Waals surface area contributed by atoms with E-state index in [0.29, 0.717) is 43.7 Å². The number of ether oxygens (including phenoxy) is 3. The van der Waals surface area contributed by atoms with E-state index in [2.05, 4.69) is 10.3 Å². The minimum absolute atomic E-state index is 0.156. The van der Waals surface area contributed by atoms with Crippen molar-refractivity contribution < 1.29 is 23.8 Å². The lowest BCUT2D eigenvalue weighted by molar-refractivity contribution is -0.112. The Bertz CT molecular complexity index is 1150. The van der Waals surface area contributed by atoms with Gasteiger partial charge in [0.1, 0.15) is 30.9 Å². The van der Waals surface area contributed by atoms with Crippen LogP contribution in [-0.2, 0) is 9.53 Å². The Morgan fingerprint density at radius 1 is 1.03 bits per heavy atom. The van der Waals surface area contributed by atoms with Crippen LogP contribution in [0.15, 0.2) is 36.5 Å². The molecule has 2 bridgehead atoms. The summed E-state index contributed by atoms with van der Waals surface area (Å²) < 4.78 is 19.0. The van der Waals surface area contributed by atoms with Gasteiger partial charge in [-0.15, -0.1) is 0 Å². The smallest absolute Gasteiger partial charge is 0.274 e. The van der Waals surface area contributed by atoms with Gasteiger partial charge in [0.15, 0.2) is 0 Å². The van der Waals surface area contributed by atoms with Crippen molar-refractivity contribution in [1.29, 1.82) is 0 Å². The number of pyridine rings is 1. The maximum atomic E-state index is 12.9. The molecule has 2 aromatic heterocycles. The number of anilines is 1. The first-order valence-corrected chi connectivity index (χ1v) is 11.3. The number of rotatable bonds is 2. The lowest BCUT2D eigenvalue weighted by atomic mass is 9.87. The Hall–Kier alpha value is -3.46. The van der Waals surface area contributed by atoms with E-state index in [0.717, 1.165) is 42.9 Å². The number of nitrogens with zero attached hydrogens (tertiary/aromatic N) is 3. The predicted octanol–water partition coefficient (Wildman–Crippen LogP) is 3.40. The largest absolute Gasteiger partial charge is 0.489 e. The van der Waals surface area contributed by atoms with Gasteiger partial charge in [0, 0.05) is 29.6 Å². The molecular formula is C24H26N4O5. The van der Waals surface area contributed by atoms with E-state index in [9.17, 15) is 9.59 Å². The number of aromatic nitrogens is 3. The molecule has 9 nitrogen and oxygen atoms in total. The van der Waals surface area contributed by atoms with Gasteiger partial charge in [0.2, 0.25) is 5.88 Å². The van der Waals surface area contributed by atoms with Crippen molar-refractivity contribution in [2.45, 2.75) is 31.7 Å². The van der Waals surface area contributed by atoms with Gasteiger partial charge in [-0.3, -0.25) is 9.48 Å². The van der Waals surface area contributed by atoms with Crippen molar-refractivity contribution in [2.24, 2.45) is 5.92 Å². The van der Waals surface area contributed by atoms with Crippen LogP contribution in [0.2, 0.25) is 0 Å². The number of carbonyl (C=O) groups excluding carboxylic acids is 2. The summed E-state index contributed by atoms with van der Waals surface area (Å²) >= 11 is 0. The van der Waals surface area contributed by atoms with Crippen LogP contribution in [0.3, 0.4) is 0 Å². The average molecular weight is 450 g/mol. The quantitative estimate of drug-likeness (QED) is 0.597. The second-order valence-corrected chi connectivity index (χ2v) is 8.35. The minimum atomic E-state index is -0.350. The van der Waals surface area contributed by atoms with Crippen LogP contribution < -0.4 is 14.8 Å². The molecule has 1 aromatic carbocycles. The predicted molar refractivity (Wildman–Crippen MR) is 121 cm³/mol. The van der Waals surface area contributed by atoms with Crippen molar-refractivity contribution in [3.63, 3.8) is 0 Å². The van der Waals surface area contributed by atoms with Crippen LogP contribution in [0.25, 0.3) is 10.9 Å². The first-order chi connectivity index (χ1) is 16.2. The molecule has 5 rings (SSSR count). The highest BCUT2D eigenvalue weighted by molar-refractivity contribution is 6.05. The molecule has 172 valence electrons. The number of hydrogen-bond donors (Lipinski definition) is 1. The van der Waals surface area contributed by atoms with E-state index in [1.807, 2.05) is 23.0 Å². The molecular weight excluding hydrogens is 424 g/mol. The van der Waals surface area contributed by atoms with E-state index in [4.69, 9.17) is 19.3 Å². The van der Waals surface area contributed by atoms with Gasteiger partial charge in [0.25, 0.3) is 5.91 Å². The fourth-order valence-electron chi connectivity index (χ4n) is 4.30. The second-order valence-electron chi connectivity index (χ2n) is 8.35. The standard InChI is InChI=1S/C24H26N4O5/c29-15-16-4-6-18(7-5-16)28-14-17-12-21-22(13-20(17)27-28)32-10-8-31-9-11-33-23-3-1-2-19(25-23)24(30)26-21/h1-3,12-16,18H,4-11H2,(H,26,30). The molecule has 1 amide bonds. The maximum absolute atomic E-state index is 12.9. The molecule has 9 heteroatoms. The fourth-order valence-corrected chi connectivity index (χ4v) is 4.30. The van der Waals surface area contributed by atoms with Crippen molar-refractivity contribution in [1.82, 2.24) is 14.8 Å². The van der Waals surface area contributed by atoms with Crippen LogP contribution in [0, 0.1) is 5.92 Å². The van der Waals surface area contributed by atoms with Gasteiger partial charge in [-0.05, 0) is 37.8 Å². The van der Waals surface area contributed by atoms with E-state index in [1.54, 1.807) is 18.2 Å². The van der Waals surface area contributed by atoms with Crippen LogP contribution in [0.1, 0.15) is 42.2 Å². The Morgan fingerprint density at radius 2 is 1.85 bits per heavy atom. The summed E-state index contributed by atoms with van der Waals surface area (Å²) in [7, 11) is 0. The Balaban J connectivity index is 1.45. The summed E-state index contributed by atoms with van der Waals surface area (Å²) in [5.74, 6) is 0.709. The van der Waals surface area contributed by atoms with Gasteiger partial charge < -0.3 is 24.3 Å². The molecule has 0 radical (unpaired) electrons. The number of aldehydes is 1. The van der Waals surface area contributed by atoms with E-state index in [1.165, 1.54) is 0 Å². The first-order valence-electron chi connectivity index (χ1n) is 11.3. The molecule has 0 unspecified atom stereocenters. The normalized spacial score (nSPS) is 21.8. The van der Waals surface area contributed by atoms with Crippen molar-refractivity contribution in [3.05, 3.63) is 42.2 Å². The van der Waals surface area contributed by atoms with Crippen molar-refractivity contribution >= 4 is 28.8 Å². The number of benzene rings is 1. The fraction of sp³-hybridized carbons (Fsp3) is 0.417. The molecule has 1 aliphatic carbocycles. The summed E-state index contributed by atoms with van der Waals surface area (Å²) in [5, 5.41) is 8.59. The van der Waals surface area contributed by atoms with Gasteiger partial charge in [-0.1, -0.05) is 6.07 Å². The molecule has 3 aromatic rings. The number of nitrogens with one attached hydrogen (secondary N) is 1. The molecule has 2 aliphatic rings. The lowest BCUT2D eigenvalue weighted by Gasteiger charge is -2.25. The zero-order chi connectivity index (χ0) is 22.6. The lowest BCUT2D eigenvalue weighted by Crippen LogP contribution is -2.19. The number of fused-ring (bicyclic) bond motifs is 4. The Kier molecular flexibility index (Phi) is 6.21. The SMILES string of the molecule is O=CC1CCC(n2cc3cc4c(cc3n2)OCCOCCOc2cccc(n2)C(=O)N4)CC1. The van der Waals surface area contributed by atoms with E-state index < -0.39 is 0 Å². The molecule has 3 heterocycles. The van der Waals surface area contributed by atoms with Crippen molar-refractivity contribution in [3.8, 4) is 11.6 Å². The summed E-state index contributed by atoms with van der Waals surface area (Å²) in [5.41, 5.74) is 1.58. The van der Waals surface area contributed by atoms with Gasteiger partial charge >= 0.3 is 0 Å². The minimum Gasteiger partial charge on any atom is -0.489 e. The van der Waals surface area contributed by atoms with Crippen LogP contribution in [0.5, 0.6) is 11.6 Å². The third-order valence-electron chi connectivity index (χ3n) is 6.10. The van der Waals surface area contributed by atoms with Crippen LogP contribution >= 0.6 is 0 Å². The summed E-state index contributed by atoms with van der Waals surface area (Å²) in [6, 6.07) is 9.05. The summed E-state index contributed by atoms with van der Waals surface area (Å²) in [6.45, 7) is 1.44. The second kappa shape index (κ2) is 9.58. The highest BCUT2D eigenvalue weighted by Gasteiger charge is 2.23. The molecule has 1 aliphatic heterocycles. The summed E-state index contributed by atoms with van der Waals surface area (Å²) in [6.07, 6.45) is 6.67. The van der Waals surface area contributed by atoms with Gasteiger partial charge in [-0.2, -0.15) is 5.10 Å². The first kappa shape index (κ1) is 21.4. The maximum Gasteiger partial charge on any atom is 0.274 e. The molecule has 0 atom stereocenters. The monoisotopic (exact) mass is 450 g/mol. The van der Waals surface area contributed by atoms with Crippen molar-refractivity contribution in [2.75, 3.05) is 31.7 Å².